The third kappa shape index (κ3) is 4.09. The monoisotopic (exact) mass is 286 g/mol. The minimum Gasteiger partial charge on any atom is -0.397 e. The first-order valence-electron chi connectivity index (χ1n) is 5.97. The molecule has 0 atom stereocenters. The molecule has 6 nitrogen and oxygen atoms in total. The van der Waals surface area contributed by atoms with Gasteiger partial charge in [-0.2, -0.15) is 0 Å². The van der Waals surface area contributed by atoms with Crippen LogP contribution in [0.5, 0.6) is 0 Å². The number of anilines is 2. The van der Waals surface area contributed by atoms with Gasteiger partial charge >= 0.3 is 0 Å². The van der Waals surface area contributed by atoms with E-state index in [0.717, 1.165) is 18.8 Å². The molecule has 0 aromatic heterocycles. The van der Waals surface area contributed by atoms with Crippen molar-refractivity contribution in [3.63, 3.8) is 0 Å². The number of benzene rings is 1. The first-order valence-corrected chi connectivity index (χ1v) is 7.45. The van der Waals surface area contributed by atoms with Gasteiger partial charge in [0.1, 0.15) is 0 Å². The van der Waals surface area contributed by atoms with E-state index >= 15 is 0 Å². The summed E-state index contributed by atoms with van der Waals surface area (Å²) in [5, 5.41) is 0. The summed E-state index contributed by atoms with van der Waals surface area (Å²) in [6.45, 7) is 1.62. The molecule has 0 aliphatic carbocycles. The summed E-state index contributed by atoms with van der Waals surface area (Å²) in [5.74, 6) is 0. The van der Waals surface area contributed by atoms with Gasteiger partial charge in [-0.3, -0.25) is 0 Å². The summed E-state index contributed by atoms with van der Waals surface area (Å²) in [5.41, 5.74) is 7.20. The summed E-state index contributed by atoms with van der Waals surface area (Å²) in [6, 6.07) is 4.72. The Morgan fingerprint density at radius 2 is 1.84 bits per heavy atom. The third-order valence-electron chi connectivity index (χ3n) is 2.87. The maximum Gasteiger partial charge on any atom is 0.240 e. The molecule has 0 fully saturated rings. The van der Waals surface area contributed by atoms with Crippen LogP contribution in [0.25, 0.3) is 0 Å². The zero-order valence-corrected chi connectivity index (χ0v) is 12.7. The second-order valence-electron chi connectivity index (χ2n) is 4.65. The van der Waals surface area contributed by atoms with Gasteiger partial charge < -0.3 is 15.5 Å². The number of rotatable bonds is 6. The van der Waals surface area contributed by atoms with Crippen molar-refractivity contribution < 1.29 is 8.42 Å². The zero-order chi connectivity index (χ0) is 14.6. The highest BCUT2D eigenvalue weighted by Crippen LogP contribution is 2.25. The molecule has 1 aromatic rings. The van der Waals surface area contributed by atoms with E-state index in [0.29, 0.717) is 5.69 Å². The number of nitrogens with two attached hydrogens (primary N) is 1. The van der Waals surface area contributed by atoms with Crippen LogP contribution in [-0.2, 0) is 10.0 Å². The van der Waals surface area contributed by atoms with Crippen molar-refractivity contribution in [3.8, 4) is 0 Å². The molecule has 108 valence electrons. The second-order valence-corrected chi connectivity index (χ2v) is 6.54. The van der Waals surface area contributed by atoms with Crippen LogP contribution in [0.1, 0.15) is 0 Å². The molecule has 0 saturated carbocycles. The highest BCUT2D eigenvalue weighted by Gasteiger charge is 2.15. The Balaban J connectivity index is 3.04. The summed E-state index contributed by atoms with van der Waals surface area (Å²) in [4.78, 5) is 4.22. The minimum absolute atomic E-state index is 0.218. The van der Waals surface area contributed by atoms with Gasteiger partial charge in [-0.25, -0.2) is 13.1 Å². The van der Waals surface area contributed by atoms with Gasteiger partial charge in [0.15, 0.2) is 0 Å². The van der Waals surface area contributed by atoms with E-state index in [9.17, 15) is 8.42 Å². The van der Waals surface area contributed by atoms with Crippen LogP contribution < -0.4 is 15.4 Å². The van der Waals surface area contributed by atoms with Gasteiger partial charge in [-0.15, -0.1) is 0 Å². The van der Waals surface area contributed by atoms with Crippen LogP contribution in [0.3, 0.4) is 0 Å². The lowest BCUT2D eigenvalue weighted by molar-refractivity contribution is 0.416. The van der Waals surface area contributed by atoms with Gasteiger partial charge in [0.25, 0.3) is 0 Å². The Kier molecular flexibility index (Phi) is 5.16. The van der Waals surface area contributed by atoms with E-state index in [1.165, 1.54) is 13.1 Å². The molecule has 0 bridgehead atoms. The van der Waals surface area contributed by atoms with Crippen molar-refractivity contribution in [1.82, 2.24) is 9.62 Å². The normalized spacial score (nSPS) is 11.8. The summed E-state index contributed by atoms with van der Waals surface area (Å²) in [7, 11) is 3.81. The van der Waals surface area contributed by atoms with E-state index in [4.69, 9.17) is 5.73 Å². The number of nitrogen functional groups attached to an aromatic ring is 1. The highest BCUT2D eigenvalue weighted by atomic mass is 32.2. The summed E-state index contributed by atoms with van der Waals surface area (Å²) < 4.78 is 25.8. The van der Waals surface area contributed by atoms with Crippen LogP contribution >= 0.6 is 0 Å². The molecular weight excluding hydrogens is 264 g/mol. The molecule has 19 heavy (non-hydrogen) atoms. The molecule has 0 spiro atoms. The third-order valence-corrected chi connectivity index (χ3v) is 4.29. The molecule has 0 aliphatic rings. The maximum absolute atomic E-state index is 11.8. The Labute approximate surface area is 115 Å². The van der Waals surface area contributed by atoms with E-state index < -0.39 is 10.0 Å². The highest BCUT2D eigenvalue weighted by molar-refractivity contribution is 7.89. The standard InChI is InChI=1S/C12H22N4O2S/c1-14-19(17,18)10-5-6-11(13)12(9-10)16(4)8-7-15(2)3/h5-6,9,14H,7-8,13H2,1-4H3. The lowest BCUT2D eigenvalue weighted by atomic mass is 10.2. The van der Waals surface area contributed by atoms with E-state index in [2.05, 4.69) is 9.62 Å². The van der Waals surface area contributed by atoms with Gasteiger partial charge in [-0.1, -0.05) is 0 Å². The summed E-state index contributed by atoms with van der Waals surface area (Å²) >= 11 is 0. The predicted molar refractivity (Wildman–Crippen MR) is 78.9 cm³/mol. The average molecular weight is 286 g/mol. The Morgan fingerprint density at radius 1 is 1.21 bits per heavy atom. The van der Waals surface area contributed by atoms with Crippen LogP contribution in [-0.4, -0.2) is 54.6 Å². The predicted octanol–water partition coefficient (Wildman–Crippen LogP) is 0.175. The molecule has 0 aliphatic heterocycles. The Bertz CT molecular complexity index is 529. The maximum atomic E-state index is 11.8. The fraction of sp³-hybridized carbons (Fsp3) is 0.500. The van der Waals surface area contributed by atoms with Crippen molar-refractivity contribution in [3.05, 3.63) is 18.2 Å². The minimum atomic E-state index is -3.44. The van der Waals surface area contributed by atoms with Crippen molar-refractivity contribution >= 4 is 21.4 Å². The number of sulfonamides is 1. The second kappa shape index (κ2) is 6.23. The van der Waals surface area contributed by atoms with Gasteiger partial charge in [-0.05, 0) is 39.3 Å². The molecule has 7 heteroatoms. The molecule has 1 aromatic carbocycles. The lowest BCUT2D eigenvalue weighted by Gasteiger charge is -2.23. The molecule has 0 saturated heterocycles. The molecule has 0 unspecified atom stereocenters. The first-order chi connectivity index (χ1) is 8.77. The Morgan fingerprint density at radius 3 is 2.37 bits per heavy atom. The van der Waals surface area contributed by atoms with Gasteiger partial charge in [0.2, 0.25) is 10.0 Å². The summed E-state index contributed by atoms with van der Waals surface area (Å²) in [6.07, 6.45) is 0. The quantitative estimate of drug-likeness (QED) is 0.729. The van der Waals surface area contributed by atoms with Gasteiger partial charge in [0.05, 0.1) is 16.3 Å². The number of hydrogen-bond donors (Lipinski definition) is 2. The van der Waals surface area contributed by atoms with Crippen LogP contribution in [0.4, 0.5) is 11.4 Å². The molecular formula is C12H22N4O2S. The number of nitrogens with one attached hydrogen (secondary N) is 1. The number of nitrogens with zero attached hydrogens (tertiary/aromatic N) is 2. The van der Waals surface area contributed by atoms with E-state index in [-0.39, 0.29) is 4.90 Å². The molecule has 0 radical (unpaired) electrons. The zero-order valence-electron chi connectivity index (χ0n) is 11.8. The topological polar surface area (TPSA) is 78.7 Å². The van der Waals surface area contributed by atoms with Crippen LogP contribution in [0.2, 0.25) is 0 Å². The van der Waals surface area contributed by atoms with Crippen molar-refractivity contribution in [2.75, 3.05) is 51.9 Å². The first kappa shape index (κ1) is 15.7. The SMILES string of the molecule is CNS(=O)(=O)c1ccc(N)c(N(C)CCN(C)C)c1. The fourth-order valence-corrected chi connectivity index (χ4v) is 2.36. The Hall–Kier alpha value is -1.31. The molecule has 1 rings (SSSR count). The number of hydrogen-bond acceptors (Lipinski definition) is 5. The molecule has 0 amide bonds. The van der Waals surface area contributed by atoms with Crippen LogP contribution in [0, 0.1) is 0 Å². The van der Waals surface area contributed by atoms with Crippen LogP contribution in [0.15, 0.2) is 23.1 Å². The molecule has 0 heterocycles. The van der Waals surface area contributed by atoms with Crippen molar-refractivity contribution in [1.29, 1.82) is 0 Å². The molecule has 3 N–H and O–H groups in total. The fourth-order valence-electron chi connectivity index (χ4n) is 1.61. The number of likely N-dealkylation sites (N-methyl/N-ethyl adjacent to an activating group) is 2. The van der Waals surface area contributed by atoms with Crippen molar-refractivity contribution in [2.45, 2.75) is 4.90 Å². The smallest absolute Gasteiger partial charge is 0.240 e. The van der Waals surface area contributed by atoms with Crippen molar-refractivity contribution in [2.24, 2.45) is 0 Å². The largest absolute Gasteiger partial charge is 0.397 e. The van der Waals surface area contributed by atoms with E-state index in [1.54, 1.807) is 12.1 Å². The average Bonchev–Trinajstić information content (AvgIpc) is 2.36. The van der Waals surface area contributed by atoms with Gasteiger partial charge in [0, 0.05) is 20.1 Å². The van der Waals surface area contributed by atoms with E-state index in [1.807, 2.05) is 26.0 Å². The lowest BCUT2D eigenvalue weighted by Crippen LogP contribution is -2.29.